The molecule has 0 N–H and O–H groups in total. The van der Waals surface area contributed by atoms with E-state index in [1.165, 1.54) is 12.1 Å². The summed E-state index contributed by atoms with van der Waals surface area (Å²) in [5, 5.41) is 8.90. The minimum atomic E-state index is -4.78. The molecule has 1 aromatic rings. The van der Waals surface area contributed by atoms with Gasteiger partial charge in [0.2, 0.25) is 12.3 Å². The molecular formula is C19H19F3N2O3. The third kappa shape index (κ3) is 2.90. The van der Waals surface area contributed by atoms with Crippen LogP contribution in [0.2, 0.25) is 0 Å². The molecule has 5 nitrogen and oxygen atoms in total. The van der Waals surface area contributed by atoms with Crippen molar-refractivity contribution < 1.29 is 27.5 Å². The van der Waals surface area contributed by atoms with Crippen LogP contribution in [0.25, 0.3) is 0 Å². The van der Waals surface area contributed by atoms with Crippen molar-refractivity contribution in [3.05, 3.63) is 29.3 Å². The number of hydrogen-bond acceptors (Lipinski definition) is 4. The molecular weight excluding hydrogens is 361 g/mol. The van der Waals surface area contributed by atoms with Gasteiger partial charge in [-0.3, -0.25) is 14.5 Å². The van der Waals surface area contributed by atoms with Gasteiger partial charge in [-0.25, -0.2) is 0 Å². The monoisotopic (exact) mass is 380 g/mol. The summed E-state index contributed by atoms with van der Waals surface area (Å²) in [4.78, 5) is 25.4. The molecule has 144 valence electrons. The van der Waals surface area contributed by atoms with Crippen molar-refractivity contribution in [1.29, 1.82) is 5.26 Å². The first-order valence-electron chi connectivity index (χ1n) is 8.57. The number of fused-ring (bicyclic) bond motifs is 2. The molecule has 0 spiro atoms. The number of anilines is 1. The Morgan fingerprint density at radius 2 is 1.96 bits per heavy atom. The van der Waals surface area contributed by atoms with Gasteiger partial charge in [-0.1, -0.05) is 6.92 Å². The Labute approximate surface area is 154 Å². The van der Waals surface area contributed by atoms with Crippen LogP contribution in [0, 0.1) is 23.2 Å². The first-order valence-corrected chi connectivity index (χ1v) is 8.57. The number of carbonyl (C=O) groups excluding carboxylic acids is 2. The van der Waals surface area contributed by atoms with Gasteiger partial charge in [-0.2, -0.15) is 18.4 Å². The maximum absolute atomic E-state index is 13.2. The van der Waals surface area contributed by atoms with E-state index in [0.29, 0.717) is 17.4 Å². The molecule has 27 heavy (non-hydrogen) atoms. The largest absolute Gasteiger partial charge is 0.417 e. The topological polar surface area (TPSA) is 70.4 Å². The highest BCUT2D eigenvalue weighted by Gasteiger charge is 2.64. The highest BCUT2D eigenvalue weighted by Crippen LogP contribution is 2.57. The first kappa shape index (κ1) is 19.4. The second kappa shape index (κ2) is 6.06. The second-order valence-corrected chi connectivity index (χ2v) is 7.65. The highest BCUT2D eigenvalue weighted by molar-refractivity contribution is 6.08. The summed E-state index contributed by atoms with van der Waals surface area (Å²) in [7, 11) is 0. The zero-order chi connectivity index (χ0) is 20.2. The van der Waals surface area contributed by atoms with Gasteiger partial charge in [0, 0.05) is 0 Å². The summed E-state index contributed by atoms with van der Waals surface area (Å²) in [5.74, 6) is -1.43. The van der Waals surface area contributed by atoms with Crippen molar-refractivity contribution in [3.63, 3.8) is 0 Å². The average Bonchev–Trinajstić information content (AvgIpc) is 3.01. The number of benzene rings is 1. The van der Waals surface area contributed by atoms with Crippen molar-refractivity contribution in [1.82, 2.24) is 0 Å². The van der Waals surface area contributed by atoms with Gasteiger partial charge in [0.25, 0.3) is 0 Å². The molecule has 0 aromatic heterocycles. The molecule has 2 amide bonds. The van der Waals surface area contributed by atoms with Gasteiger partial charge in [-0.05, 0) is 50.8 Å². The quantitative estimate of drug-likeness (QED) is 0.751. The minimum Gasteiger partial charge on any atom is -0.368 e. The molecule has 8 heteroatoms. The Morgan fingerprint density at radius 3 is 2.44 bits per heavy atom. The van der Waals surface area contributed by atoms with E-state index in [1.807, 2.05) is 13.8 Å². The second-order valence-electron chi connectivity index (χ2n) is 7.65. The lowest BCUT2D eigenvalue weighted by Crippen LogP contribution is -2.48. The van der Waals surface area contributed by atoms with E-state index in [2.05, 4.69) is 0 Å². The van der Waals surface area contributed by atoms with Crippen LogP contribution in [0.4, 0.5) is 18.9 Å². The molecule has 3 rings (SSSR count). The van der Waals surface area contributed by atoms with Crippen LogP contribution in [0.15, 0.2) is 18.2 Å². The predicted molar refractivity (Wildman–Crippen MR) is 89.5 cm³/mol. The summed E-state index contributed by atoms with van der Waals surface area (Å²) < 4.78 is 45.7. The fourth-order valence-electron chi connectivity index (χ4n) is 4.43. The number of amides is 2. The molecule has 2 saturated heterocycles. The molecule has 1 aromatic carbocycles. The SMILES string of the molecule is C[C@@H]1[C@H](C(=O)N(C=O)c2ccc(C#N)c(C(F)(F)F)c2)C2(C)CCC1(C)O2. The van der Waals surface area contributed by atoms with Crippen LogP contribution in [0.1, 0.15) is 44.7 Å². The molecule has 2 unspecified atom stereocenters. The van der Waals surface area contributed by atoms with Crippen LogP contribution in [-0.2, 0) is 20.5 Å². The van der Waals surface area contributed by atoms with Gasteiger partial charge < -0.3 is 4.74 Å². The van der Waals surface area contributed by atoms with Crippen LogP contribution < -0.4 is 4.90 Å². The summed E-state index contributed by atoms with van der Waals surface area (Å²) in [6, 6.07) is 4.27. The number of nitriles is 1. The van der Waals surface area contributed by atoms with Gasteiger partial charge in [0.15, 0.2) is 0 Å². The van der Waals surface area contributed by atoms with Gasteiger partial charge >= 0.3 is 6.18 Å². The molecule has 2 aliphatic rings. The standard InChI is InChI=1S/C19H19F3N2O3/c1-11-15(18(3)7-6-17(11,2)27-18)16(26)24(10-25)13-5-4-12(9-23)14(8-13)19(20,21)22/h4-5,8,10-11,15H,6-7H2,1-3H3/t11-,15-,17?,18?/m1/s1. The fourth-order valence-corrected chi connectivity index (χ4v) is 4.43. The molecule has 2 bridgehead atoms. The number of ether oxygens (including phenoxy) is 1. The van der Waals surface area contributed by atoms with Gasteiger partial charge in [-0.15, -0.1) is 0 Å². The maximum Gasteiger partial charge on any atom is 0.417 e. The normalized spacial score (nSPS) is 32.2. The number of carbonyl (C=O) groups is 2. The lowest BCUT2D eigenvalue weighted by molar-refractivity contribution is -0.138. The third-order valence-corrected chi connectivity index (χ3v) is 6.02. The van der Waals surface area contributed by atoms with Gasteiger partial charge in [0.1, 0.15) is 0 Å². The lowest BCUT2D eigenvalue weighted by atomic mass is 9.68. The predicted octanol–water partition coefficient (Wildman–Crippen LogP) is 3.66. The Balaban J connectivity index is 2.00. The molecule has 4 atom stereocenters. The van der Waals surface area contributed by atoms with Crippen molar-refractivity contribution in [2.24, 2.45) is 11.8 Å². The van der Waals surface area contributed by atoms with E-state index in [-0.39, 0.29) is 18.0 Å². The van der Waals surface area contributed by atoms with E-state index >= 15 is 0 Å². The van der Waals surface area contributed by atoms with Crippen molar-refractivity contribution >= 4 is 18.0 Å². The van der Waals surface area contributed by atoms with Crippen molar-refractivity contribution in [2.45, 2.75) is 51.0 Å². The average molecular weight is 380 g/mol. The number of rotatable bonds is 3. The number of imide groups is 1. The van der Waals surface area contributed by atoms with E-state index in [4.69, 9.17) is 10.00 Å². The molecule has 2 fully saturated rings. The molecule has 0 saturated carbocycles. The summed E-state index contributed by atoms with van der Waals surface area (Å²) in [6.07, 6.45) is -3.14. The molecule has 2 heterocycles. The minimum absolute atomic E-state index is 0.188. The summed E-state index contributed by atoms with van der Waals surface area (Å²) in [6.45, 7) is 5.56. The number of hydrogen-bond donors (Lipinski definition) is 0. The number of halogens is 3. The Bertz CT molecular complexity index is 848. The van der Waals surface area contributed by atoms with E-state index in [1.54, 1.807) is 6.92 Å². The molecule has 0 aliphatic carbocycles. The Kier molecular flexibility index (Phi) is 4.35. The summed E-state index contributed by atoms with van der Waals surface area (Å²) in [5.41, 5.74) is -3.22. The van der Waals surface area contributed by atoms with E-state index in [0.717, 1.165) is 12.5 Å². The van der Waals surface area contributed by atoms with Crippen molar-refractivity contribution in [2.75, 3.05) is 4.90 Å². The molecule has 2 aliphatic heterocycles. The zero-order valence-corrected chi connectivity index (χ0v) is 15.1. The highest BCUT2D eigenvalue weighted by atomic mass is 19.4. The first-order chi connectivity index (χ1) is 12.5. The number of nitrogens with zero attached hydrogens (tertiary/aromatic N) is 2. The maximum atomic E-state index is 13.2. The Morgan fingerprint density at radius 1 is 1.33 bits per heavy atom. The fraction of sp³-hybridized carbons (Fsp3) is 0.526. The van der Waals surface area contributed by atoms with Gasteiger partial charge in [0.05, 0.1) is 40.0 Å². The van der Waals surface area contributed by atoms with Crippen LogP contribution >= 0.6 is 0 Å². The lowest BCUT2D eigenvalue weighted by Gasteiger charge is -2.35. The Hall–Kier alpha value is -2.40. The number of alkyl halides is 3. The zero-order valence-electron chi connectivity index (χ0n) is 15.1. The molecule has 0 radical (unpaired) electrons. The third-order valence-electron chi connectivity index (χ3n) is 6.02. The van der Waals surface area contributed by atoms with E-state index in [9.17, 15) is 22.8 Å². The summed E-state index contributed by atoms with van der Waals surface area (Å²) >= 11 is 0. The smallest absolute Gasteiger partial charge is 0.368 e. The van der Waals surface area contributed by atoms with Crippen LogP contribution in [-0.4, -0.2) is 23.5 Å². The van der Waals surface area contributed by atoms with E-state index < -0.39 is 40.3 Å². The van der Waals surface area contributed by atoms with Crippen LogP contribution in [0.3, 0.4) is 0 Å². The van der Waals surface area contributed by atoms with Crippen LogP contribution in [0.5, 0.6) is 0 Å². The van der Waals surface area contributed by atoms with Crippen molar-refractivity contribution in [3.8, 4) is 6.07 Å².